The van der Waals surface area contributed by atoms with Crippen LogP contribution in [0.15, 0.2) is 18.3 Å². The van der Waals surface area contributed by atoms with Crippen LogP contribution in [-0.2, 0) is 0 Å². The van der Waals surface area contributed by atoms with E-state index in [1.807, 2.05) is 0 Å². The number of hydrogen-bond donors (Lipinski definition) is 1. The molecule has 86 valence electrons. The second-order valence-electron chi connectivity index (χ2n) is 3.98. The minimum absolute atomic E-state index is 0.644. The van der Waals surface area contributed by atoms with Crippen molar-refractivity contribution in [2.24, 2.45) is 0 Å². The van der Waals surface area contributed by atoms with Crippen LogP contribution in [-0.4, -0.2) is 37.1 Å². The molecule has 0 spiro atoms. The molecule has 16 heavy (non-hydrogen) atoms. The number of aromatic nitrogens is 1. The van der Waals surface area contributed by atoms with Gasteiger partial charge in [0.25, 0.3) is 0 Å². The Morgan fingerprint density at radius 2 is 2.25 bits per heavy atom. The van der Waals surface area contributed by atoms with Gasteiger partial charge in [-0.3, -0.25) is 0 Å². The van der Waals surface area contributed by atoms with Crippen molar-refractivity contribution in [2.75, 3.05) is 32.5 Å². The number of pyridine rings is 1. The smallest absolute Gasteiger partial charge is 0.127 e. The molecule has 4 heteroatoms. The molecule has 1 aromatic heterocycles. The van der Waals surface area contributed by atoms with Gasteiger partial charge in [0.05, 0.1) is 11.6 Å². The first-order chi connectivity index (χ1) is 7.72. The first kappa shape index (κ1) is 12.5. The van der Waals surface area contributed by atoms with E-state index in [4.69, 9.17) is 5.26 Å². The number of rotatable bonds is 6. The fourth-order valence-electron chi connectivity index (χ4n) is 1.37. The van der Waals surface area contributed by atoms with Crippen molar-refractivity contribution >= 4 is 5.82 Å². The predicted molar refractivity (Wildman–Crippen MR) is 65.2 cm³/mol. The number of unbranched alkanes of at least 4 members (excludes halogenated alkanes) is 1. The Labute approximate surface area is 96.9 Å². The number of hydrogen-bond acceptors (Lipinski definition) is 4. The van der Waals surface area contributed by atoms with E-state index in [1.54, 1.807) is 18.3 Å². The average Bonchev–Trinajstić information content (AvgIpc) is 2.28. The Hall–Kier alpha value is -1.60. The molecule has 0 aliphatic heterocycles. The fraction of sp³-hybridized carbons (Fsp3) is 0.500. The highest BCUT2D eigenvalue weighted by molar-refractivity contribution is 5.42. The summed E-state index contributed by atoms with van der Waals surface area (Å²) in [5.74, 6) is 0.781. The third-order valence-corrected chi connectivity index (χ3v) is 2.23. The van der Waals surface area contributed by atoms with E-state index >= 15 is 0 Å². The van der Waals surface area contributed by atoms with E-state index in [-0.39, 0.29) is 0 Å². The van der Waals surface area contributed by atoms with Crippen LogP contribution in [0.2, 0.25) is 0 Å². The van der Waals surface area contributed by atoms with Gasteiger partial charge in [-0.25, -0.2) is 4.98 Å². The zero-order valence-corrected chi connectivity index (χ0v) is 9.90. The Bertz CT molecular complexity index is 354. The molecule has 1 heterocycles. The Morgan fingerprint density at radius 1 is 1.44 bits per heavy atom. The lowest BCUT2D eigenvalue weighted by Crippen LogP contribution is -2.14. The maximum absolute atomic E-state index is 8.72. The molecule has 0 aromatic carbocycles. The fourth-order valence-corrected chi connectivity index (χ4v) is 1.37. The van der Waals surface area contributed by atoms with E-state index in [0.717, 1.165) is 31.7 Å². The van der Waals surface area contributed by atoms with Crippen LogP contribution in [0.1, 0.15) is 18.4 Å². The lowest BCUT2D eigenvalue weighted by atomic mass is 10.2. The molecule has 0 saturated heterocycles. The third kappa shape index (κ3) is 4.76. The zero-order chi connectivity index (χ0) is 11.8. The average molecular weight is 218 g/mol. The third-order valence-electron chi connectivity index (χ3n) is 2.23. The highest BCUT2D eigenvalue weighted by atomic mass is 15.0. The van der Waals surface area contributed by atoms with Crippen LogP contribution < -0.4 is 5.32 Å². The van der Waals surface area contributed by atoms with Crippen molar-refractivity contribution in [1.29, 1.82) is 5.26 Å². The largest absolute Gasteiger partial charge is 0.370 e. The Morgan fingerprint density at radius 3 is 2.94 bits per heavy atom. The van der Waals surface area contributed by atoms with Gasteiger partial charge in [0.2, 0.25) is 0 Å². The maximum atomic E-state index is 8.72. The van der Waals surface area contributed by atoms with Gasteiger partial charge in [0.15, 0.2) is 0 Å². The standard InChI is InChI=1S/C12H18N4/c1-16(2)8-4-3-6-14-12-9-11(10-13)5-7-15-12/h5,7,9H,3-4,6,8H2,1-2H3,(H,14,15). The Kier molecular flexibility index (Phi) is 5.30. The van der Waals surface area contributed by atoms with Gasteiger partial charge in [-0.05, 0) is 45.6 Å². The van der Waals surface area contributed by atoms with Gasteiger partial charge in [0.1, 0.15) is 5.82 Å². The first-order valence-corrected chi connectivity index (χ1v) is 5.47. The molecule has 0 bridgehead atoms. The van der Waals surface area contributed by atoms with Crippen LogP contribution in [0.5, 0.6) is 0 Å². The van der Waals surface area contributed by atoms with E-state index in [9.17, 15) is 0 Å². The van der Waals surface area contributed by atoms with Crippen molar-refractivity contribution in [3.63, 3.8) is 0 Å². The van der Waals surface area contributed by atoms with E-state index < -0.39 is 0 Å². The molecule has 0 amide bonds. The number of nitriles is 1. The van der Waals surface area contributed by atoms with E-state index in [1.165, 1.54) is 0 Å². The molecule has 0 saturated carbocycles. The zero-order valence-electron chi connectivity index (χ0n) is 9.90. The lowest BCUT2D eigenvalue weighted by molar-refractivity contribution is 0.396. The highest BCUT2D eigenvalue weighted by Crippen LogP contribution is 2.05. The number of nitrogens with one attached hydrogen (secondary N) is 1. The SMILES string of the molecule is CN(C)CCCCNc1cc(C#N)ccn1. The maximum Gasteiger partial charge on any atom is 0.127 e. The molecule has 4 nitrogen and oxygen atoms in total. The van der Waals surface area contributed by atoms with Gasteiger partial charge in [-0.2, -0.15) is 5.26 Å². The summed E-state index contributed by atoms with van der Waals surface area (Å²) >= 11 is 0. The summed E-state index contributed by atoms with van der Waals surface area (Å²) in [5.41, 5.74) is 0.644. The van der Waals surface area contributed by atoms with Gasteiger partial charge in [-0.15, -0.1) is 0 Å². The van der Waals surface area contributed by atoms with Crippen molar-refractivity contribution in [2.45, 2.75) is 12.8 Å². The summed E-state index contributed by atoms with van der Waals surface area (Å²) in [6.45, 7) is 2.00. The second kappa shape index (κ2) is 6.81. The topological polar surface area (TPSA) is 52.0 Å². The van der Waals surface area contributed by atoms with Gasteiger partial charge in [0, 0.05) is 12.7 Å². The molecule has 0 aliphatic carbocycles. The second-order valence-corrected chi connectivity index (χ2v) is 3.98. The molecule has 1 aromatic rings. The normalized spacial score (nSPS) is 10.1. The Balaban J connectivity index is 2.24. The van der Waals surface area contributed by atoms with Gasteiger partial charge < -0.3 is 10.2 Å². The summed E-state index contributed by atoms with van der Waals surface area (Å²) in [5, 5.41) is 11.9. The van der Waals surface area contributed by atoms with Crippen LogP contribution in [0.4, 0.5) is 5.82 Å². The quantitative estimate of drug-likeness (QED) is 0.738. The minimum Gasteiger partial charge on any atom is -0.370 e. The molecule has 1 N–H and O–H groups in total. The number of anilines is 1. The summed E-state index contributed by atoms with van der Waals surface area (Å²) in [6.07, 6.45) is 3.93. The molecule has 0 atom stereocenters. The van der Waals surface area contributed by atoms with Crippen LogP contribution in [0.25, 0.3) is 0 Å². The predicted octanol–water partition coefficient (Wildman–Crippen LogP) is 1.71. The minimum atomic E-state index is 0.644. The molecule has 0 fully saturated rings. The van der Waals surface area contributed by atoms with Gasteiger partial charge >= 0.3 is 0 Å². The molecule has 0 radical (unpaired) electrons. The van der Waals surface area contributed by atoms with Crippen molar-refractivity contribution in [3.8, 4) is 6.07 Å². The summed E-state index contributed by atoms with van der Waals surface area (Å²) in [7, 11) is 4.15. The molecule has 0 aliphatic rings. The lowest BCUT2D eigenvalue weighted by Gasteiger charge is -2.09. The number of nitrogens with zero attached hydrogens (tertiary/aromatic N) is 3. The van der Waals surface area contributed by atoms with Crippen LogP contribution in [0.3, 0.4) is 0 Å². The van der Waals surface area contributed by atoms with Crippen molar-refractivity contribution in [1.82, 2.24) is 9.88 Å². The molecular formula is C12H18N4. The van der Waals surface area contributed by atoms with E-state index in [0.29, 0.717) is 5.56 Å². The van der Waals surface area contributed by atoms with Crippen molar-refractivity contribution in [3.05, 3.63) is 23.9 Å². The monoisotopic (exact) mass is 218 g/mol. The van der Waals surface area contributed by atoms with E-state index in [2.05, 4.69) is 35.4 Å². The van der Waals surface area contributed by atoms with Crippen LogP contribution in [0, 0.1) is 11.3 Å². The van der Waals surface area contributed by atoms with Crippen molar-refractivity contribution < 1.29 is 0 Å². The summed E-state index contributed by atoms with van der Waals surface area (Å²) in [4.78, 5) is 6.32. The van der Waals surface area contributed by atoms with Gasteiger partial charge in [-0.1, -0.05) is 0 Å². The molecule has 0 unspecified atom stereocenters. The first-order valence-electron chi connectivity index (χ1n) is 5.47. The van der Waals surface area contributed by atoms with Crippen LogP contribution >= 0.6 is 0 Å². The summed E-state index contributed by atoms with van der Waals surface area (Å²) < 4.78 is 0. The molecular weight excluding hydrogens is 200 g/mol. The highest BCUT2D eigenvalue weighted by Gasteiger charge is 1.96. The molecule has 1 rings (SSSR count). The summed E-state index contributed by atoms with van der Waals surface area (Å²) in [6, 6.07) is 5.57.